The number of carboxylic acid groups (broad SMARTS) is 1. The number of rotatable bonds is 4. The van der Waals surface area contributed by atoms with E-state index in [0.717, 1.165) is 37.7 Å². The molecule has 0 heterocycles. The first kappa shape index (κ1) is 16.3. The zero-order chi connectivity index (χ0) is 16.4. The lowest BCUT2D eigenvalue weighted by atomic mass is 9.71. The number of hydrogen-bond donors (Lipinski definition) is 2. The lowest BCUT2D eigenvalue weighted by molar-refractivity contribution is -0.144. The van der Waals surface area contributed by atoms with Gasteiger partial charge in [0.1, 0.15) is 0 Å². The molecule has 0 radical (unpaired) electrons. The Balaban J connectivity index is 1.70. The second-order valence-corrected chi connectivity index (χ2v) is 7.27. The van der Waals surface area contributed by atoms with Crippen molar-refractivity contribution >= 4 is 23.5 Å². The van der Waals surface area contributed by atoms with Crippen LogP contribution in [0.25, 0.3) is 0 Å². The summed E-state index contributed by atoms with van der Waals surface area (Å²) in [5.41, 5.74) is 0.796. The fourth-order valence-corrected chi connectivity index (χ4v) is 3.90. The van der Waals surface area contributed by atoms with Gasteiger partial charge in [0.2, 0.25) is 5.91 Å². The van der Waals surface area contributed by atoms with Crippen molar-refractivity contribution in [2.75, 3.05) is 0 Å². The Hall–Kier alpha value is -1.55. The smallest absolute Gasteiger partial charge is 0.306 e. The molecule has 2 unspecified atom stereocenters. The number of halogens is 1. The van der Waals surface area contributed by atoms with Gasteiger partial charge in [0.15, 0.2) is 0 Å². The molecule has 2 aliphatic carbocycles. The molecule has 0 spiro atoms. The maximum absolute atomic E-state index is 12.7. The Labute approximate surface area is 141 Å². The molecule has 124 valence electrons. The van der Waals surface area contributed by atoms with Gasteiger partial charge in [-0.3, -0.25) is 9.59 Å². The standard InChI is InChI=1S/C18H22ClNO3/c19-15-7-5-14(6-8-15)18(9-2-10-18)20-16(21)12-3-1-4-13(11-12)17(22)23/h5-8,12-13H,1-4,9-11H2,(H,20,21)(H,22,23). The summed E-state index contributed by atoms with van der Waals surface area (Å²) in [5.74, 6) is -1.34. The third kappa shape index (κ3) is 3.37. The zero-order valence-electron chi connectivity index (χ0n) is 13.1. The van der Waals surface area contributed by atoms with Crippen molar-refractivity contribution in [3.63, 3.8) is 0 Å². The van der Waals surface area contributed by atoms with E-state index in [0.29, 0.717) is 17.9 Å². The van der Waals surface area contributed by atoms with Crippen molar-refractivity contribution in [1.82, 2.24) is 5.32 Å². The number of carbonyl (C=O) groups excluding carboxylic acids is 1. The molecule has 1 aromatic rings. The minimum Gasteiger partial charge on any atom is -0.481 e. The Morgan fingerprint density at radius 2 is 1.74 bits per heavy atom. The minimum absolute atomic E-state index is 0.00519. The molecule has 4 nitrogen and oxygen atoms in total. The van der Waals surface area contributed by atoms with Gasteiger partial charge in [-0.2, -0.15) is 0 Å². The molecule has 2 fully saturated rings. The summed E-state index contributed by atoms with van der Waals surface area (Å²) in [6.45, 7) is 0. The molecule has 5 heteroatoms. The molecular formula is C18H22ClNO3. The van der Waals surface area contributed by atoms with Gasteiger partial charge >= 0.3 is 5.97 Å². The third-order valence-corrected chi connectivity index (χ3v) is 5.61. The largest absolute Gasteiger partial charge is 0.481 e. The SMILES string of the molecule is O=C(O)C1CCCC(C(=O)NC2(c3ccc(Cl)cc3)CCC2)C1. The molecule has 1 amide bonds. The second kappa shape index (κ2) is 6.52. The highest BCUT2D eigenvalue weighted by atomic mass is 35.5. The highest BCUT2D eigenvalue weighted by molar-refractivity contribution is 6.30. The number of carbonyl (C=O) groups is 2. The van der Waals surface area contributed by atoms with E-state index in [1.165, 1.54) is 0 Å². The van der Waals surface area contributed by atoms with Gasteiger partial charge in [0.25, 0.3) is 0 Å². The van der Waals surface area contributed by atoms with Crippen LogP contribution >= 0.6 is 11.6 Å². The molecule has 3 rings (SSSR count). The predicted molar refractivity (Wildman–Crippen MR) is 88.2 cm³/mol. The second-order valence-electron chi connectivity index (χ2n) is 6.83. The third-order valence-electron chi connectivity index (χ3n) is 5.36. The fourth-order valence-electron chi connectivity index (χ4n) is 3.78. The minimum atomic E-state index is -0.779. The van der Waals surface area contributed by atoms with Gasteiger partial charge < -0.3 is 10.4 Å². The van der Waals surface area contributed by atoms with Crippen LogP contribution in [0, 0.1) is 11.8 Å². The van der Waals surface area contributed by atoms with Crippen molar-refractivity contribution in [3.8, 4) is 0 Å². The summed E-state index contributed by atoms with van der Waals surface area (Å²) in [6.07, 6.45) is 5.67. The van der Waals surface area contributed by atoms with E-state index >= 15 is 0 Å². The highest BCUT2D eigenvalue weighted by Crippen LogP contribution is 2.42. The van der Waals surface area contributed by atoms with E-state index in [1.54, 1.807) is 0 Å². The first-order valence-electron chi connectivity index (χ1n) is 8.31. The molecule has 1 aromatic carbocycles. The summed E-state index contributed by atoms with van der Waals surface area (Å²) in [7, 11) is 0. The number of hydrogen-bond acceptors (Lipinski definition) is 2. The first-order valence-corrected chi connectivity index (χ1v) is 8.69. The maximum atomic E-state index is 12.7. The zero-order valence-corrected chi connectivity index (χ0v) is 13.8. The van der Waals surface area contributed by atoms with E-state index < -0.39 is 5.97 Å². The number of benzene rings is 1. The topological polar surface area (TPSA) is 66.4 Å². The van der Waals surface area contributed by atoms with E-state index in [-0.39, 0.29) is 23.3 Å². The highest BCUT2D eigenvalue weighted by Gasteiger charge is 2.42. The average molecular weight is 336 g/mol. The van der Waals surface area contributed by atoms with Crippen LogP contribution < -0.4 is 5.32 Å². The predicted octanol–water partition coefficient (Wildman–Crippen LogP) is 3.73. The lowest BCUT2D eigenvalue weighted by Gasteiger charge is -2.44. The van der Waals surface area contributed by atoms with Gasteiger partial charge in [-0.15, -0.1) is 0 Å². The van der Waals surface area contributed by atoms with Gasteiger partial charge in [-0.1, -0.05) is 30.2 Å². The van der Waals surface area contributed by atoms with Crippen LogP contribution in [0.5, 0.6) is 0 Å². The van der Waals surface area contributed by atoms with Gasteiger partial charge in [-0.05, 0) is 56.2 Å². The van der Waals surface area contributed by atoms with Crippen LogP contribution in [0.15, 0.2) is 24.3 Å². The normalized spacial score (nSPS) is 26.1. The number of amides is 1. The Bertz CT molecular complexity index is 595. The molecule has 0 saturated heterocycles. The lowest BCUT2D eigenvalue weighted by Crippen LogP contribution is -2.53. The quantitative estimate of drug-likeness (QED) is 0.881. The maximum Gasteiger partial charge on any atom is 0.306 e. The number of carboxylic acids is 1. The summed E-state index contributed by atoms with van der Waals surface area (Å²) in [4.78, 5) is 23.9. The number of nitrogens with one attached hydrogen (secondary N) is 1. The van der Waals surface area contributed by atoms with Crippen LogP contribution in [0.3, 0.4) is 0 Å². The molecule has 2 saturated carbocycles. The first-order chi connectivity index (χ1) is 11.0. The Kier molecular flexibility index (Phi) is 4.62. The summed E-state index contributed by atoms with van der Waals surface area (Å²) >= 11 is 5.95. The van der Waals surface area contributed by atoms with Crippen LogP contribution in [0.4, 0.5) is 0 Å². The Morgan fingerprint density at radius 3 is 2.30 bits per heavy atom. The molecule has 2 N–H and O–H groups in total. The monoisotopic (exact) mass is 335 g/mol. The van der Waals surface area contributed by atoms with Crippen molar-refractivity contribution in [2.24, 2.45) is 11.8 Å². The summed E-state index contributed by atoms with van der Waals surface area (Å²) < 4.78 is 0. The van der Waals surface area contributed by atoms with Crippen LogP contribution in [-0.4, -0.2) is 17.0 Å². The van der Waals surface area contributed by atoms with E-state index in [1.807, 2.05) is 24.3 Å². The fraction of sp³-hybridized carbons (Fsp3) is 0.556. The van der Waals surface area contributed by atoms with Crippen LogP contribution in [-0.2, 0) is 15.1 Å². The molecule has 0 aliphatic heterocycles. The molecule has 2 atom stereocenters. The molecular weight excluding hydrogens is 314 g/mol. The molecule has 0 bridgehead atoms. The van der Waals surface area contributed by atoms with Gasteiger partial charge in [-0.25, -0.2) is 0 Å². The average Bonchev–Trinajstić information content (AvgIpc) is 2.52. The Morgan fingerprint density at radius 1 is 1.09 bits per heavy atom. The van der Waals surface area contributed by atoms with Crippen LogP contribution in [0.1, 0.15) is 50.5 Å². The van der Waals surface area contributed by atoms with Crippen molar-refractivity contribution in [1.29, 1.82) is 0 Å². The summed E-state index contributed by atoms with van der Waals surface area (Å²) in [5, 5.41) is 13.1. The van der Waals surface area contributed by atoms with Gasteiger partial charge in [0.05, 0.1) is 11.5 Å². The van der Waals surface area contributed by atoms with Crippen molar-refractivity contribution in [2.45, 2.75) is 50.5 Å². The molecule has 0 aromatic heterocycles. The van der Waals surface area contributed by atoms with E-state index in [4.69, 9.17) is 11.6 Å². The van der Waals surface area contributed by atoms with Crippen molar-refractivity contribution in [3.05, 3.63) is 34.9 Å². The van der Waals surface area contributed by atoms with E-state index in [9.17, 15) is 14.7 Å². The van der Waals surface area contributed by atoms with Crippen molar-refractivity contribution < 1.29 is 14.7 Å². The number of aliphatic carboxylic acids is 1. The van der Waals surface area contributed by atoms with Gasteiger partial charge in [0, 0.05) is 10.9 Å². The van der Waals surface area contributed by atoms with Crippen LogP contribution in [0.2, 0.25) is 5.02 Å². The van der Waals surface area contributed by atoms with E-state index in [2.05, 4.69) is 5.32 Å². The molecule has 23 heavy (non-hydrogen) atoms. The summed E-state index contributed by atoms with van der Waals surface area (Å²) in [6, 6.07) is 7.65. The molecule has 2 aliphatic rings.